The van der Waals surface area contributed by atoms with Gasteiger partial charge in [0.05, 0.1) is 7.11 Å². The van der Waals surface area contributed by atoms with Crippen molar-refractivity contribution in [2.45, 2.75) is 10.6 Å². The molecule has 0 spiro atoms. The number of aromatic carboxylic acids is 1. The molecule has 0 unspecified atom stereocenters. The summed E-state index contributed by atoms with van der Waals surface area (Å²) in [5, 5.41) is 8.99. The van der Waals surface area contributed by atoms with Crippen molar-refractivity contribution in [1.82, 2.24) is 0 Å². The van der Waals surface area contributed by atoms with Crippen LogP contribution in [0.3, 0.4) is 0 Å². The predicted octanol–water partition coefficient (Wildman–Crippen LogP) is 3.96. The molecule has 0 aliphatic heterocycles. The van der Waals surface area contributed by atoms with Gasteiger partial charge in [0.2, 0.25) is 0 Å². The summed E-state index contributed by atoms with van der Waals surface area (Å²) in [6.45, 7) is 0. The quantitative estimate of drug-likeness (QED) is 0.849. The number of carboxylic acids is 1. The molecule has 0 fully saturated rings. The lowest BCUT2D eigenvalue weighted by Crippen LogP contribution is -2.01. The number of carbonyl (C=O) groups is 1. The van der Waals surface area contributed by atoms with Crippen LogP contribution in [0.15, 0.2) is 41.3 Å². The number of hydrogen-bond donors (Lipinski definition) is 1. The molecule has 0 atom stereocenters. The van der Waals surface area contributed by atoms with Crippen molar-refractivity contribution in [3.05, 3.63) is 59.2 Å². The molecule has 0 aliphatic rings. The zero-order chi connectivity index (χ0) is 15.4. The van der Waals surface area contributed by atoms with E-state index in [1.165, 1.54) is 13.2 Å². The lowest BCUT2D eigenvalue weighted by Gasteiger charge is -2.08. The van der Waals surface area contributed by atoms with E-state index in [4.69, 9.17) is 9.84 Å². The Balaban J connectivity index is 2.17. The molecule has 0 aliphatic carbocycles. The first kappa shape index (κ1) is 15.3. The average Bonchev–Trinajstić information content (AvgIpc) is 2.47. The normalized spacial score (nSPS) is 10.4. The summed E-state index contributed by atoms with van der Waals surface area (Å²) in [5.41, 5.74) is 0.814. The second-order valence-electron chi connectivity index (χ2n) is 4.20. The van der Waals surface area contributed by atoms with Gasteiger partial charge in [-0.2, -0.15) is 0 Å². The van der Waals surface area contributed by atoms with E-state index < -0.39 is 17.6 Å². The van der Waals surface area contributed by atoms with Crippen molar-refractivity contribution in [2.24, 2.45) is 0 Å². The highest BCUT2D eigenvalue weighted by atomic mass is 32.2. The van der Waals surface area contributed by atoms with Gasteiger partial charge in [-0.1, -0.05) is 6.07 Å². The number of methoxy groups -OCH3 is 1. The van der Waals surface area contributed by atoms with Crippen molar-refractivity contribution in [3.63, 3.8) is 0 Å². The Morgan fingerprint density at radius 3 is 2.67 bits per heavy atom. The largest absolute Gasteiger partial charge is 0.496 e. The molecule has 0 bridgehead atoms. The zero-order valence-corrected chi connectivity index (χ0v) is 11.9. The van der Waals surface area contributed by atoms with Gasteiger partial charge in [0.1, 0.15) is 22.9 Å². The van der Waals surface area contributed by atoms with Crippen LogP contribution in [0.25, 0.3) is 0 Å². The van der Waals surface area contributed by atoms with Gasteiger partial charge in [0, 0.05) is 10.6 Å². The molecule has 0 heterocycles. The summed E-state index contributed by atoms with van der Waals surface area (Å²) < 4.78 is 31.6. The molecule has 0 amide bonds. The number of halogens is 2. The smallest absolute Gasteiger partial charge is 0.339 e. The molecule has 0 saturated heterocycles. The van der Waals surface area contributed by atoms with Crippen LogP contribution in [0.2, 0.25) is 0 Å². The number of ether oxygens (including phenoxy) is 1. The Morgan fingerprint density at radius 2 is 2.00 bits per heavy atom. The molecule has 110 valence electrons. The third-order valence-electron chi connectivity index (χ3n) is 2.78. The van der Waals surface area contributed by atoms with E-state index in [-0.39, 0.29) is 16.2 Å². The standard InChI is InChI=1S/C15H12F2O3S/c1-20-13-6-9(2-4-11(13)15(18)19)8-21-14-7-10(16)3-5-12(14)17/h2-7H,8H2,1H3,(H,18,19). The maximum absolute atomic E-state index is 13.5. The van der Waals surface area contributed by atoms with Crippen LogP contribution < -0.4 is 4.74 Å². The van der Waals surface area contributed by atoms with Crippen molar-refractivity contribution >= 4 is 17.7 Å². The highest BCUT2D eigenvalue weighted by Crippen LogP contribution is 2.28. The fourth-order valence-corrected chi connectivity index (χ4v) is 2.65. The van der Waals surface area contributed by atoms with Gasteiger partial charge >= 0.3 is 5.97 Å². The third-order valence-corrected chi connectivity index (χ3v) is 3.89. The van der Waals surface area contributed by atoms with Gasteiger partial charge in [-0.3, -0.25) is 0 Å². The van der Waals surface area contributed by atoms with E-state index in [2.05, 4.69) is 0 Å². The van der Waals surface area contributed by atoms with Crippen molar-refractivity contribution in [1.29, 1.82) is 0 Å². The molecule has 2 aromatic carbocycles. The Kier molecular flexibility index (Phi) is 4.80. The Hall–Kier alpha value is -2.08. The maximum atomic E-state index is 13.5. The minimum absolute atomic E-state index is 0.0585. The molecule has 1 N–H and O–H groups in total. The summed E-state index contributed by atoms with van der Waals surface area (Å²) in [6, 6.07) is 7.89. The molecular weight excluding hydrogens is 298 g/mol. The second-order valence-corrected chi connectivity index (χ2v) is 5.22. The second kappa shape index (κ2) is 6.58. The molecule has 2 aromatic rings. The Labute approximate surface area is 124 Å². The summed E-state index contributed by atoms with van der Waals surface area (Å²) >= 11 is 1.13. The molecule has 0 radical (unpaired) electrons. The van der Waals surface area contributed by atoms with Crippen molar-refractivity contribution in [2.75, 3.05) is 7.11 Å². The molecule has 6 heteroatoms. The maximum Gasteiger partial charge on any atom is 0.339 e. The average molecular weight is 310 g/mol. The minimum Gasteiger partial charge on any atom is -0.496 e. The van der Waals surface area contributed by atoms with Crippen molar-refractivity contribution < 1.29 is 23.4 Å². The van der Waals surface area contributed by atoms with Gasteiger partial charge in [-0.25, -0.2) is 13.6 Å². The van der Waals surface area contributed by atoms with Gasteiger partial charge in [-0.15, -0.1) is 11.8 Å². The summed E-state index contributed by atoms with van der Waals surface area (Å²) in [6.07, 6.45) is 0. The van der Waals surface area contributed by atoms with E-state index in [0.29, 0.717) is 5.75 Å². The number of rotatable bonds is 5. The van der Waals surface area contributed by atoms with Gasteiger partial charge in [0.25, 0.3) is 0 Å². The van der Waals surface area contributed by atoms with E-state index in [1.807, 2.05) is 0 Å². The van der Waals surface area contributed by atoms with Gasteiger partial charge in [-0.05, 0) is 35.9 Å². The number of carboxylic acid groups (broad SMARTS) is 1. The fourth-order valence-electron chi connectivity index (χ4n) is 1.75. The van der Waals surface area contributed by atoms with E-state index in [9.17, 15) is 13.6 Å². The predicted molar refractivity (Wildman–Crippen MR) is 75.9 cm³/mol. The van der Waals surface area contributed by atoms with E-state index in [1.54, 1.807) is 12.1 Å². The van der Waals surface area contributed by atoms with Crippen LogP contribution in [0.1, 0.15) is 15.9 Å². The number of hydrogen-bond acceptors (Lipinski definition) is 3. The lowest BCUT2D eigenvalue weighted by atomic mass is 10.1. The zero-order valence-electron chi connectivity index (χ0n) is 11.1. The van der Waals surface area contributed by atoms with Crippen LogP contribution >= 0.6 is 11.8 Å². The molecular formula is C15H12F2O3S. The summed E-state index contributed by atoms with van der Waals surface area (Å²) in [4.78, 5) is 11.2. The van der Waals surface area contributed by atoms with E-state index in [0.717, 1.165) is 35.5 Å². The first-order valence-electron chi connectivity index (χ1n) is 5.99. The summed E-state index contributed by atoms with van der Waals surface area (Å²) in [5.74, 6) is -1.47. The molecule has 3 nitrogen and oxygen atoms in total. The van der Waals surface area contributed by atoms with Crippen LogP contribution in [0.4, 0.5) is 8.78 Å². The number of thioether (sulfide) groups is 1. The highest BCUT2D eigenvalue weighted by molar-refractivity contribution is 7.98. The third kappa shape index (κ3) is 3.72. The van der Waals surface area contributed by atoms with E-state index >= 15 is 0 Å². The topological polar surface area (TPSA) is 46.5 Å². The first-order valence-corrected chi connectivity index (χ1v) is 6.98. The van der Waals surface area contributed by atoms with Crippen LogP contribution in [-0.2, 0) is 5.75 Å². The molecule has 0 saturated carbocycles. The molecule has 2 rings (SSSR count). The Bertz CT molecular complexity index is 674. The van der Waals surface area contributed by atoms with Crippen LogP contribution in [0.5, 0.6) is 5.75 Å². The molecule has 21 heavy (non-hydrogen) atoms. The highest BCUT2D eigenvalue weighted by Gasteiger charge is 2.12. The van der Waals surface area contributed by atoms with Crippen LogP contribution in [0, 0.1) is 11.6 Å². The monoisotopic (exact) mass is 310 g/mol. The van der Waals surface area contributed by atoms with Gasteiger partial charge in [0.15, 0.2) is 0 Å². The first-order chi connectivity index (χ1) is 10.0. The van der Waals surface area contributed by atoms with Crippen molar-refractivity contribution in [3.8, 4) is 5.75 Å². The SMILES string of the molecule is COc1cc(CSc2cc(F)ccc2F)ccc1C(=O)O. The van der Waals surface area contributed by atoms with Gasteiger partial charge < -0.3 is 9.84 Å². The lowest BCUT2D eigenvalue weighted by molar-refractivity contribution is 0.0693. The number of benzene rings is 2. The Morgan fingerprint density at radius 1 is 1.24 bits per heavy atom. The van der Waals surface area contributed by atoms with Crippen LogP contribution in [-0.4, -0.2) is 18.2 Å². The minimum atomic E-state index is -1.08. The molecule has 0 aromatic heterocycles. The fraction of sp³-hybridized carbons (Fsp3) is 0.133. The summed E-state index contributed by atoms with van der Waals surface area (Å²) in [7, 11) is 1.38.